The molecule has 0 radical (unpaired) electrons. The highest BCUT2D eigenvalue weighted by molar-refractivity contribution is 6.31. The molecule has 110 valence electrons. The van der Waals surface area contributed by atoms with Crippen molar-refractivity contribution < 1.29 is 0 Å². The zero-order chi connectivity index (χ0) is 15.0. The molecule has 0 unspecified atom stereocenters. The molecule has 0 aliphatic carbocycles. The molecule has 1 aromatic carbocycles. The molecule has 0 aliphatic rings. The van der Waals surface area contributed by atoms with Crippen LogP contribution in [-0.4, -0.2) is 28.4 Å². The van der Waals surface area contributed by atoms with Gasteiger partial charge in [0.25, 0.3) is 5.56 Å². The number of aromatic nitrogens is 3. The van der Waals surface area contributed by atoms with E-state index in [1.165, 1.54) is 0 Å². The molecule has 21 heavy (non-hydrogen) atoms. The number of benzene rings is 1. The highest BCUT2D eigenvalue weighted by Gasteiger charge is 2.15. The number of nitrogens with zero attached hydrogens (tertiary/aromatic N) is 2. The molecule has 0 amide bonds. The number of halogens is 1. The molecule has 2 aromatic heterocycles. The van der Waals surface area contributed by atoms with E-state index in [2.05, 4.69) is 15.5 Å². The first-order valence-corrected chi connectivity index (χ1v) is 7.32. The fourth-order valence-corrected chi connectivity index (χ4v) is 2.87. The van der Waals surface area contributed by atoms with Crippen LogP contribution < -0.4 is 10.9 Å². The second-order valence-electron chi connectivity index (χ2n) is 5.15. The first-order valence-electron chi connectivity index (χ1n) is 6.95. The third-order valence-electron chi connectivity index (χ3n) is 3.72. The summed E-state index contributed by atoms with van der Waals surface area (Å²) >= 11 is 6.11. The number of fused-ring (bicyclic) bond motifs is 3. The predicted molar refractivity (Wildman–Crippen MR) is 86.2 cm³/mol. The van der Waals surface area contributed by atoms with Crippen LogP contribution in [0.25, 0.3) is 21.8 Å². The number of aromatic amines is 1. The molecule has 2 N–H and O–H groups in total. The zero-order valence-corrected chi connectivity index (χ0v) is 12.8. The van der Waals surface area contributed by atoms with Crippen LogP contribution in [0.3, 0.4) is 0 Å². The number of pyridine rings is 1. The van der Waals surface area contributed by atoms with Crippen LogP contribution in [0.15, 0.2) is 23.0 Å². The lowest BCUT2D eigenvalue weighted by atomic mass is 10.1. The number of hydrogen-bond donors (Lipinski definition) is 2. The molecule has 3 rings (SSSR count). The molecule has 0 spiro atoms. The van der Waals surface area contributed by atoms with E-state index in [0.29, 0.717) is 22.5 Å². The third-order valence-corrected chi connectivity index (χ3v) is 3.95. The summed E-state index contributed by atoms with van der Waals surface area (Å²) in [4.78, 5) is 12.8. The molecule has 0 saturated carbocycles. The highest BCUT2D eigenvalue weighted by Crippen LogP contribution is 2.25. The van der Waals surface area contributed by atoms with E-state index < -0.39 is 0 Å². The first-order chi connectivity index (χ1) is 10.1. The van der Waals surface area contributed by atoms with Gasteiger partial charge >= 0.3 is 0 Å². The van der Waals surface area contributed by atoms with Gasteiger partial charge in [-0.3, -0.25) is 9.89 Å². The first kappa shape index (κ1) is 14.1. The Morgan fingerprint density at radius 3 is 3.00 bits per heavy atom. The molecular formula is C15H17ClN4O. The van der Waals surface area contributed by atoms with Crippen LogP contribution in [-0.2, 0) is 6.54 Å². The van der Waals surface area contributed by atoms with Gasteiger partial charge in [0.05, 0.1) is 10.9 Å². The van der Waals surface area contributed by atoms with Crippen LogP contribution in [0.2, 0.25) is 5.02 Å². The minimum Gasteiger partial charge on any atom is -0.320 e. The van der Waals surface area contributed by atoms with Gasteiger partial charge in [-0.1, -0.05) is 11.6 Å². The zero-order valence-electron chi connectivity index (χ0n) is 12.0. The van der Waals surface area contributed by atoms with Crippen molar-refractivity contribution in [3.8, 4) is 0 Å². The Bertz CT molecular complexity index is 865. The topological polar surface area (TPSA) is 62.7 Å². The van der Waals surface area contributed by atoms with Gasteiger partial charge in [-0.15, -0.1) is 0 Å². The van der Waals surface area contributed by atoms with Crippen molar-refractivity contribution in [3.05, 3.63) is 39.3 Å². The van der Waals surface area contributed by atoms with E-state index in [4.69, 9.17) is 11.6 Å². The molecule has 0 bridgehead atoms. The van der Waals surface area contributed by atoms with E-state index in [0.717, 1.165) is 29.6 Å². The number of hydrogen-bond acceptors (Lipinski definition) is 3. The van der Waals surface area contributed by atoms with Gasteiger partial charge in [-0.05, 0) is 45.1 Å². The molecule has 0 aliphatic heterocycles. The van der Waals surface area contributed by atoms with Gasteiger partial charge in [0.15, 0.2) is 0 Å². The average Bonchev–Trinajstić information content (AvgIpc) is 2.85. The van der Waals surface area contributed by atoms with Crippen molar-refractivity contribution in [3.63, 3.8) is 0 Å². The van der Waals surface area contributed by atoms with Crippen molar-refractivity contribution in [2.75, 3.05) is 13.6 Å². The maximum absolute atomic E-state index is 12.8. The SMILES string of the molecule is CNCCCn1c(=O)c2c(C)[nH]nc2c2cc(Cl)ccc21. The van der Waals surface area contributed by atoms with Gasteiger partial charge in [0, 0.05) is 22.6 Å². The Labute approximate surface area is 126 Å². The fraction of sp³-hybridized carbons (Fsp3) is 0.333. The quantitative estimate of drug-likeness (QED) is 0.728. The Hall–Kier alpha value is -1.85. The standard InChI is InChI=1S/C15H17ClN4O/c1-9-13-14(19-18-9)11-8-10(16)4-5-12(11)20(15(13)21)7-3-6-17-2/h4-5,8,17H,3,6-7H2,1-2H3,(H,18,19). The summed E-state index contributed by atoms with van der Waals surface area (Å²) in [6.45, 7) is 3.40. The van der Waals surface area contributed by atoms with E-state index >= 15 is 0 Å². The van der Waals surface area contributed by atoms with Gasteiger partial charge in [0.1, 0.15) is 5.52 Å². The van der Waals surface area contributed by atoms with Crippen molar-refractivity contribution in [2.45, 2.75) is 19.9 Å². The summed E-state index contributed by atoms with van der Waals surface area (Å²) in [6, 6.07) is 5.57. The van der Waals surface area contributed by atoms with Crippen LogP contribution >= 0.6 is 11.6 Å². The third kappa shape index (κ3) is 2.32. The normalized spacial score (nSPS) is 11.6. The Balaban J connectivity index is 2.34. The van der Waals surface area contributed by atoms with Crippen LogP contribution in [0.5, 0.6) is 0 Å². The smallest absolute Gasteiger partial charge is 0.262 e. The Morgan fingerprint density at radius 1 is 1.43 bits per heavy atom. The van der Waals surface area contributed by atoms with Crippen LogP contribution in [0.1, 0.15) is 12.1 Å². The summed E-state index contributed by atoms with van der Waals surface area (Å²) in [6.07, 6.45) is 0.885. The molecule has 5 nitrogen and oxygen atoms in total. The van der Waals surface area contributed by atoms with Gasteiger partial charge < -0.3 is 9.88 Å². The van der Waals surface area contributed by atoms with Crippen LogP contribution in [0, 0.1) is 6.92 Å². The van der Waals surface area contributed by atoms with Crippen molar-refractivity contribution in [2.24, 2.45) is 0 Å². The van der Waals surface area contributed by atoms with Crippen molar-refractivity contribution in [1.29, 1.82) is 0 Å². The Kier molecular flexibility index (Phi) is 3.69. The van der Waals surface area contributed by atoms with E-state index in [-0.39, 0.29) is 5.56 Å². The lowest BCUT2D eigenvalue weighted by molar-refractivity contribution is 0.615. The second-order valence-corrected chi connectivity index (χ2v) is 5.58. The largest absolute Gasteiger partial charge is 0.320 e. The minimum absolute atomic E-state index is 0.00201. The number of rotatable bonds is 4. The molecule has 0 atom stereocenters. The average molecular weight is 305 g/mol. The minimum atomic E-state index is 0.00201. The van der Waals surface area contributed by atoms with E-state index in [1.54, 1.807) is 0 Å². The second kappa shape index (κ2) is 5.50. The number of H-pyrrole nitrogens is 1. The lowest BCUT2D eigenvalue weighted by Crippen LogP contribution is -2.23. The van der Waals surface area contributed by atoms with E-state index in [1.807, 2.05) is 36.7 Å². The van der Waals surface area contributed by atoms with Gasteiger partial charge in [-0.2, -0.15) is 5.10 Å². The molecular weight excluding hydrogens is 288 g/mol. The molecule has 3 aromatic rings. The van der Waals surface area contributed by atoms with Gasteiger partial charge in [-0.25, -0.2) is 0 Å². The van der Waals surface area contributed by atoms with Gasteiger partial charge in [0.2, 0.25) is 0 Å². The summed E-state index contributed by atoms with van der Waals surface area (Å²) in [5.41, 5.74) is 2.36. The summed E-state index contributed by atoms with van der Waals surface area (Å²) in [5, 5.41) is 12.5. The summed E-state index contributed by atoms with van der Waals surface area (Å²) in [7, 11) is 1.91. The molecule has 2 heterocycles. The lowest BCUT2D eigenvalue weighted by Gasteiger charge is -2.11. The predicted octanol–water partition coefficient (Wildman–Crippen LogP) is 2.45. The number of aryl methyl sites for hydroxylation is 2. The summed E-state index contributed by atoms with van der Waals surface area (Å²) in [5.74, 6) is 0. The van der Waals surface area contributed by atoms with E-state index in [9.17, 15) is 4.79 Å². The molecule has 6 heteroatoms. The molecule has 0 fully saturated rings. The maximum atomic E-state index is 12.8. The van der Waals surface area contributed by atoms with Crippen molar-refractivity contribution >= 4 is 33.4 Å². The molecule has 0 saturated heterocycles. The van der Waals surface area contributed by atoms with Crippen LogP contribution in [0.4, 0.5) is 0 Å². The highest BCUT2D eigenvalue weighted by atomic mass is 35.5. The summed E-state index contributed by atoms with van der Waals surface area (Å²) < 4.78 is 1.81. The Morgan fingerprint density at radius 2 is 2.24 bits per heavy atom. The number of nitrogens with one attached hydrogen (secondary N) is 2. The monoisotopic (exact) mass is 304 g/mol. The van der Waals surface area contributed by atoms with Crippen molar-refractivity contribution in [1.82, 2.24) is 20.1 Å². The fourth-order valence-electron chi connectivity index (χ4n) is 2.70. The maximum Gasteiger partial charge on any atom is 0.262 e.